The van der Waals surface area contributed by atoms with E-state index in [-0.39, 0.29) is 23.3 Å². The fourth-order valence-corrected chi connectivity index (χ4v) is 1.82. The van der Waals surface area contributed by atoms with Gasteiger partial charge in [0, 0.05) is 29.3 Å². The SMILES string of the molecule is CNCC(C)C(=O)Nc1cccc(C(=O)NC(C)(C)C)c1. The Morgan fingerprint density at radius 2 is 1.90 bits per heavy atom. The first-order valence-corrected chi connectivity index (χ1v) is 7.11. The number of carbonyl (C=O) groups is 2. The molecule has 1 aromatic carbocycles. The molecule has 0 bridgehead atoms. The topological polar surface area (TPSA) is 70.2 Å². The lowest BCUT2D eigenvalue weighted by molar-refractivity contribution is -0.119. The lowest BCUT2D eigenvalue weighted by Crippen LogP contribution is -2.40. The fraction of sp³-hybridized carbons (Fsp3) is 0.500. The second-order valence-electron chi connectivity index (χ2n) is 6.23. The molecule has 1 rings (SSSR count). The Hall–Kier alpha value is -1.88. The van der Waals surface area contributed by atoms with Crippen LogP contribution in [0.3, 0.4) is 0 Å². The maximum absolute atomic E-state index is 12.1. The van der Waals surface area contributed by atoms with Gasteiger partial charge in [-0.2, -0.15) is 0 Å². The van der Waals surface area contributed by atoms with Gasteiger partial charge in [0.05, 0.1) is 0 Å². The molecular weight excluding hydrogens is 266 g/mol. The smallest absolute Gasteiger partial charge is 0.251 e. The molecule has 0 radical (unpaired) electrons. The van der Waals surface area contributed by atoms with Gasteiger partial charge in [0.2, 0.25) is 5.91 Å². The Kier molecular flexibility index (Phi) is 5.90. The molecule has 0 heterocycles. The molecule has 0 saturated carbocycles. The first-order chi connectivity index (χ1) is 9.73. The summed E-state index contributed by atoms with van der Waals surface area (Å²) in [4.78, 5) is 24.1. The molecule has 1 aromatic rings. The molecule has 5 nitrogen and oxygen atoms in total. The van der Waals surface area contributed by atoms with E-state index in [1.54, 1.807) is 31.3 Å². The van der Waals surface area contributed by atoms with Crippen LogP contribution in [0.4, 0.5) is 5.69 Å². The van der Waals surface area contributed by atoms with Gasteiger partial charge in [0.15, 0.2) is 0 Å². The lowest BCUT2D eigenvalue weighted by atomic mass is 10.1. The van der Waals surface area contributed by atoms with Crippen molar-refractivity contribution in [3.63, 3.8) is 0 Å². The number of benzene rings is 1. The van der Waals surface area contributed by atoms with E-state index in [1.165, 1.54) is 0 Å². The molecule has 2 amide bonds. The highest BCUT2D eigenvalue weighted by atomic mass is 16.2. The highest BCUT2D eigenvalue weighted by Crippen LogP contribution is 2.13. The van der Waals surface area contributed by atoms with Crippen LogP contribution in [-0.4, -0.2) is 30.9 Å². The van der Waals surface area contributed by atoms with Crippen LogP contribution < -0.4 is 16.0 Å². The number of hydrogen-bond acceptors (Lipinski definition) is 3. The van der Waals surface area contributed by atoms with Gasteiger partial charge < -0.3 is 16.0 Å². The van der Waals surface area contributed by atoms with Gasteiger partial charge in [0.1, 0.15) is 0 Å². The average molecular weight is 291 g/mol. The summed E-state index contributed by atoms with van der Waals surface area (Å²) in [7, 11) is 1.81. The van der Waals surface area contributed by atoms with Crippen molar-refractivity contribution in [3.05, 3.63) is 29.8 Å². The quantitative estimate of drug-likeness (QED) is 0.777. The molecule has 0 fully saturated rings. The Morgan fingerprint density at radius 3 is 2.48 bits per heavy atom. The largest absolute Gasteiger partial charge is 0.347 e. The predicted octanol–water partition coefficient (Wildman–Crippen LogP) is 2.01. The Balaban J connectivity index is 2.77. The lowest BCUT2D eigenvalue weighted by Gasteiger charge is -2.20. The molecule has 1 unspecified atom stereocenters. The first-order valence-electron chi connectivity index (χ1n) is 7.11. The standard InChI is InChI=1S/C16H25N3O2/c1-11(10-17-5)14(20)18-13-8-6-7-12(9-13)15(21)19-16(2,3)4/h6-9,11,17H,10H2,1-5H3,(H,18,20)(H,19,21). The zero-order chi connectivity index (χ0) is 16.0. The van der Waals surface area contributed by atoms with Crippen molar-refractivity contribution in [2.45, 2.75) is 33.2 Å². The predicted molar refractivity (Wildman–Crippen MR) is 85.4 cm³/mol. The van der Waals surface area contributed by atoms with Gasteiger partial charge >= 0.3 is 0 Å². The third-order valence-electron chi connectivity index (χ3n) is 2.84. The molecule has 0 saturated heterocycles. The van der Waals surface area contributed by atoms with E-state index in [0.29, 0.717) is 17.8 Å². The van der Waals surface area contributed by atoms with E-state index in [1.807, 2.05) is 27.7 Å². The molecule has 116 valence electrons. The van der Waals surface area contributed by atoms with Crippen LogP contribution in [0, 0.1) is 5.92 Å². The van der Waals surface area contributed by atoms with Crippen molar-refractivity contribution >= 4 is 17.5 Å². The van der Waals surface area contributed by atoms with Crippen LogP contribution in [0.2, 0.25) is 0 Å². The van der Waals surface area contributed by atoms with Crippen LogP contribution in [0.15, 0.2) is 24.3 Å². The summed E-state index contributed by atoms with van der Waals surface area (Å²) in [6.45, 7) is 8.24. The Morgan fingerprint density at radius 1 is 1.24 bits per heavy atom. The van der Waals surface area contributed by atoms with E-state index in [4.69, 9.17) is 0 Å². The highest BCUT2D eigenvalue weighted by molar-refractivity contribution is 5.97. The molecule has 1 atom stereocenters. The summed E-state index contributed by atoms with van der Waals surface area (Å²) in [5.41, 5.74) is 0.867. The highest BCUT2D eigenvalue weighted by Gasteiger charge is 2.16. The van der Waals surface area contributed by atoms with Crippen LogP contribution in [0.25, 0.3) is 0 Å². The number of rotatable bonds is 5. The van der Waals surface area contributed by atoms with Gasteiger partial charge in [-0.15, -0.1) is 0 Å². The molecule has 0 spiro atoms. The van der Waals surface area contributed by atoms with Crippen molar-refractivity contribution < 1.29 is 9.59 Å². The van der Waals surface area contributed by atoms with E-state index in [2.05, 4.69) is 16.0 Å². The first kappa shape index (κ1) is 17.2. The number of anilines is 1. The number of carbonyl (C=O) groups excluding carboxylic acids is 2. The number of hydrogen-bond donors (Lipinski definition) is 3. The molecule has 0 aliphatic carbocycles. The van der Waals surface area contributed by atoms with Crippen LogP contribution >= 0.6 is 0 Å². The van der Waals surface area contributed by atoms with Crippen molar-refractivity contribution in [1.82, 2.24) is 10.6 Å². The third-order valence-corrected chi connectivity index (χ3v) is 2.84. The molecular formula is C16H25N3O2. The van der Waals surface area contributed by atoms with Crippen LogP contribution in [-0.2, 0) is 4.79 Å². The zero-order valence-corrected chi connectivity index (χ0v) is 13.4. The van der Waals surface area contributed by atoms with Gasteiger partial charge in [-0.25, -0.2) is 0 Å². The number of nitrogens with one attached hydrogen (secondary N) is 3. The normalized spacial score (nSPS) is 12.6. The van der Waals surface area contributed by atoms with E-state index >= 15 is 0 Å². The second-order valence-corrected chi connectivity index (χ2v) is 6.23. The van der Waals surface area contributed by atoms with Gasteiger partial charge in [0.25, 0.3) is 5.91 Å². The van der Waals surface area contributed by atoms with E-state index < -0.39 is 0 Å². The molecule has 5 heteroatoms. The van der Waals surface area contributed by atoms with Gasteiger partial charge in [-0.1, -0.05) is 13.0 Å². The Labute approximate surface area is 126 Å². The molecule has 0 aliphatic heterocycles. The molecule has 3 N–H and O–H groups in total. The van der Waals surface area contributed by atoms with Gasteiger partial charge in [-0.05, 0) is 46.0 Å². The third kappa shape index (κ3) is 5.95. The van der Waals surface area contributed by atoms with Crippen molar-refractivity contribution in [2.24, 2.45) is 5.92 Å². The maximum Gasteiger partial charge on any atom is 0.251 e. The zero-order valence-electron chi connectivity index (χ0n) is 13.4. The summed E-state index contributed by atoms with van der Waals surface area (Å²) in [5, 5.41) is 8.69. The molecule has 0 aromatic heterocycles. The van der Waals surface area contributed by atoms with Crippen molar-refractivity contribution in [2.75, 3.05) is 18.9 Å². The summed E-state index contributed by atoms with van der Waals surface area (Å²) in [5.74, 6) is -0.360. The average Bonchev–Trinajstić information content (AvgIpc) is 2.37. The fourth-order valence-electron chi connectivity index (χ4n) is 1.82. The van der Waals surface area contributed by atoms with E-state index in [9.17, 15) is 9.59 Å². The van der Waals surface area contributed by atoms with Crippen LogP contribution in [0.5, 0.6) is 0 Å². The summed E-state index contributed by atoms with van der Waals surface area (Å²) in [6.07, 6.45) is 0. The second kappa shape index (κ2) is 7.22. The van der Waals surface area contributed by atoms with Gasteiger partial charge in [-0.3, -0.25) is 9.59 Å². The van der Waals surface area contributed by atoms with Crippen molar-refractivity contribution in [3.8, 4) is 0 Å². The molecule has 0 aliphatic rings. The maximum atomic E-state index is 12.1. The monoisotopic (exact) mass is 291 g/mol. The minimum absolute atomic E-state index is 0.0715. The summed E-state index contributed by atoms with van der Waals surface area (Å²) < 4.78 is 0. The van der Waals surface area contributed by atoms with Crippen LogP contribution in [0.1, 0.15) is 38.1 Å². The minimum atomic E-state index is -0.294. The number of amides is 2. The minimum Gasteiger partial charge on any atom is -0.347 e. The summed E-state index contributed by atoms with van der Waals surface area (Å²) >= 11 is 0. The summed E-state index contributed by atoms with van der Waals surface area (Å²) in [6, 6.07) is 6.95. The molecule has 21 heavy (non-hydrogen) atoms. The van der Waals surface area contributed by atoms with E-state index in [0.717, 1.165) is 0 Å². The Bertz CT molecular complexity index is 506. The van der Waals surface area contributed by atoms with Crippen molar-refractivity contribution in [1.29, 1.82) is 0 Å².